The Bertz CT molecular complexity index is 1610. The molecule has 0 spiro atoms. The molecule has 0 fully saturated rings. The maximum Gasteiger partial charge on any atom is 0.186 e. The second-order valence-corrected chi connectivity index (χ2v) is 11.8. The number of nitrogens with zero attached hydrogens (tertiary/aromatic N) is 1. The van der Waals surface area contributed by atoms with Crippen LogP contribution in [-0.4, -0.2) is 10.1 Å². The number of benzene rings is 4. The van der Waals surface area contributed by atoms with E-state index in [1.807, 2.05) is 78.9 Å². The summed E-state index contributed by atoms with van der Waals surface area (Å²) in [6.07, 6.45) is 3.62. The molecule has 0 aliphatic carbocycles. The minimum atomic E-state index is -0.433. The lowest BCUT2D eigenvalue weighted by Crippen LogP contribution is -2.31. The largest absolute Gasteiger partial charge is 0.487 e. The summed E-state index contributed by atoms with van der Waals surface area (Å²) in [5.74, 6) is 0.752. The minimum Gasteiger partial charge on any atom is -0.487 e. The molecule has 4 aromatic carbocycles. The maximum absolute atomic E-state index is 12.6. The van der Waals surface area contributed by atoms with Crippen molar-refractivity contribution in [2.45, 2.75) is 44.1 Å². The molecular formula is C35H31Cl2NO2S. The number of thiol groups is 1. The van der Waals surface area contributed by atoms with Crippen molar-refractivity contribution in [3.8, 4) is 5.75 Å². The number of rotatable bonds is 12. The number of carbonyl (C=O) groups is 1. The molecule has 1 atom stereocenters. The minimum absolute atomic E-state index is 0.131. The van der Waals surface area contributed by atoms with E-state index < -0.39 is 5.41 Å². The molecule has 0 saturated carbocycles. The van der Waals surface area contributed by atoms with Crippen LogP contribution in [-0.2, 0) is 29.7 Å². The lowest BCUT2D eigenvalue weighted by atomic mass is 9.70. The predicted molar refractivity (Wildman–Crippen MR) is 172 cm³/mol. The Balaban J connectivity index is 1.37. The summed E-state index contributed by atoms with van der Waals surface area (Å²) in [5, 5.41) is 2.39. The fourth-order valence-corrected chi connectivity index (χ4v) is 5.96. The first-order chi connectivity index (χ1) is 19.9. The number of halogens is 2. The van der Waals surface area contributed by atoms with E-state index in [0.29, 0.717) is 24.5 Å². The van der Waals surface area contributed by atoms with E-state index >= 15 is 0 Å². The van der Waals surface area contributed by atoms with E-state index in [4.69, 9.17) is 32.9 Å². The fourth-order valence-electron chi connectivity index (χ4n) is 5.40. The van der Waals surface area contributed by atoms with Crippen LogP contribution in [0.15, 0.2) is 109 Å². The predicted octanol–water partition coefficient (Wildman–Crippen LogP) is 9.47. The van der Waals surface area contributed by atoms with Gasteiger partial charge in [0.25, 0.3) is 0 Å². The molecule has 5 rings (SSSR count). The Morgan fingerprint density at radius 2 is 1.44 bits per heavy atom. The van der Waals surface area contributed by atoms with E-state index in [1.165, 1.54) is 5.56 Å². The number of aryl methyl sites for hydroxylation is 1. The van der Waals surface area contributed by atoms with Crippen molar-refractivity contribution in [3.63, 3.8) is 0 Å². The van der Waals surface area contributed by atoms with Crippen LogP contribution < -0.4 is 4.74 Å². The molecule has 1 heterocycles. The molecule has 208 valence electrons. The van der Waals surface area contributed by atoms with Crippen molar-refractivity contribution in [3.05, 3.63) is 142 Å². The smallest absolute Gasteiger partial charge is 0.186 e. The van der Waals surface area contributed by atoms with E-state index in [2.05, 4.69) is 43.0 Å². The highest BCUT2D eigenvalue weighted by atomic mass is 35.5. The van der Waals surface area contributed by atoms with Crippen molar-refractivity contribution in [1.29, 1.82) is 0 Å². The average molecular weight is 601 g/mol. The van der Waals surface area contributed by atoms with Gasteiger partial charge in [0, 0.05) is 27.3 Å². The van der Waals surface area contributed by atoms with Crippen molar-refractivity contribution < 1.29 is 9.53 Å². The Kier molecular flexibility index (Phi) is 9.66. The van der Waals surface area contributed by atoms with Gasteiger partial charge in [0.05, 0.1) is 11.2 Å². The molecule has 3 nitrogen and oxygen atoms in total. The van der Waals surface area contributed by atoms with Crippen LogP contribution in [0.2, 0.25) is 10.0 Å². The topological polar surface area (TPSA) is 39.2 Å². The first kappa shape index (κ1) is 29.2. The zero-order valence-corrected chi connectivity index (χ0v) is 25.0. The summed E-state index contributed by atoms with van der Waals surface area (Å²) in [4.78, 5) is 17.3. The summed E-state index contributed by atoms with van der Waals surface area (Å²) in [5.41, 5.74) is 4.81. The normalized spacial score (nSPS) is 12.7. The second kappa shape index (κ2) is 13.6. The third-order valence-corrected chi connectivity index (χ3v) is 8.15. The summed E-state index contributed by atoms with van der Waals surface area (Å²) < 4.78 is 6.10. The number of pyridine rings is 1. The highest BCUT2D eigenvalue weighted by Crippen LogP contribution is 2.39. The molecule has 0 N–H and O–H groups in total. The number of aromatic nitrogens is 1. The molecule has 0 radical (unpaired) electrons. The number of ether oxygens (including phenoxy) is 1. The number of carbonyl (C=O) groups excluding carboxylic acids is 1. The van der Waals surface area contributed by atoms with Crippen LogP contribution in [0, 0.1) is 0 Å². The number of hydrogen-bond donors (Lipinski definition) is 1. The van der Waals surface area contributed by atoms with Gasteiger partial charge in [-0.05, 0) is 90.9 Å². The van der Waals surface area contributed by atoms with Gasteiger partial charge in [-0.25, -0.2) is 4.98 Å². The van der Waals surface area contributed by atoms with Gasteiger partial charge < -0.3 is 4.74 Å². The van der Waals surface area contributed by atoms with Crippen molar-refractivity contribution in [2.24, 2.45) is 0 Å². The monoisotopic (exact) mass is 599 g/mol. The van der Waals surface area contributed by atoms with Crippen LogP contribution in [0.4, 0.5) is 0 Å². The van der Waals surface area contributed by atoms with Gasteiger partial charge in [0.15, 0.2) is 5.12 Å². The number of hydrogen-bond acceptors (Lipinski definition) is 3. The third kappa shape index (κ3) is 7.91. The molecule has 5 aromatic rings. The highest BCUT2D eigenvalue weighted by Gasteiger charge is 2.34. The molecule has 1 unspecified atom stereocenters. The first-order valence-corrected chi connectivity index (χ1v) is 14.9. The molecule has 41 heavy (non-hydrogen) atoms. The van der Waals surface area contributed by atoms with Gasteiger partial charge in [0.2, 0.25) is 0 Å². The van der Waals surface area contributed by atoms with E-state index in [1.54, 1.807) is 0 Å². The van der Waals surface area contributed by atoms with Gasteiger partial charge in [-0.15, -0.1) is 12.6 Å². The Labute approximate surface area is 256 Å². The van der Waals surface area contributed by atoms with Gasteiger partial charge in [-0.3, -0.25) is 4.79 Å². The molecule has 1 aromatic heterocycles. The SMILES string of the molecule is O=C(S)CC(CCCc1ccc(Cl)cc1)(Cc1ccc(Cl)cc1)c1ccc(OCc2ccc3ccccc3n2)cc1. The Morgan fingerprint density at radius 1 is 0.780 bits per heavy atom. The third-order valence-electron chi connectivity index (χ3n) is 7.49. The van der Waals surface area contributed by atoms with E-state index in [-0.39, 0.29) is 5.12 Å². The van der Waals surface area contributed by atoms with Crippen LogP contribution in [0.25, 0.3) is 10.9 Å². The maximum atomic E-state index is 12.6. The van der Waals surface area contributed by atoms with Gasteiger partial charge >= 0.3 is 0 Å². The molecule has 6 heteroatoms. The van der Waals surface area contributed by atoms with Crippen LogP contribution in [0.3, 0.4) is 0 Å². The zero-order chi connectivity index (χ0) is 28.7. The van der Waals surface area contributed by atoms with Crippen molar-refractivity contribution in [2.75, 3.05) is 0 Å². The number of para-hydroxylation sites is 1. The molecule has 0 aliphatic heterocycles. The standard InChI is InChI=1S/C35H31Cl2NO2S/c36-29-14-7-25(8-15-29)4-3-21-35(23-34(39)41,22-26-9-16-30(37)17-10-26)28-12-19-32(20-13-28)40-24-31-18-11-27-5-1-2-6-33(27)38-31/h1-2,5-20H,3-4,21-24H2,(H,39,41). The van der Waals surface area contributed by atoms with E-state index in [0.717, 1.165) is 57.8 Å². The molecule has 0 amide bonds. The average Bonchev–Trinajstić information content (AvgIpc) is 2.98. The first-order valence-electron chi connectivity index (χ1n) is 13.7. The summed E-state index contributed by atoms with van der Waals surface area (Å²) in [6.45, 7) is 0.371. The second-order valence-electron chi connectivity index (χ2n) is 10.4. The zero-order valence-electron chi connectivity index (χ0n) is 22.6. The van der Waals surface area contributed by atoms with Gasteiger partial charge in [-0.1, -0.05) is 83.9 Å². The highest BCUT2D eigenvalue weighted by molar-refractivity contribution is 7.96. The fraction of sp³-hybridized carbons (Fsp3) is 0.200. The van der Waals surface area contributed by atoms with Crippen LogP contribution in [0.5, 0.6) is 5.75 Å². The Hall–Kier alpha value is -3.31. The van der Waals surface area contributed by atoms with Crippen molar-refractivity contribution in [1.82, 2.24) is 4.98 Å². The summed E-state index contributed by atoms with van der Waals surface area (Å²) >= 11 is 16.5. The molecule has 0 aliphatic rings. The van der Waals surface area contributed by atoms with Gasteiger partial charge in [-0.2, -0.15) is 0 Å². The summed E-state index contributed by atoms with van der Waals surface area (Å²) in [6, 6.07) is 36.0. The van der Waals surface area contributed by atoms with Gasteiger partial charge in [0.1, 0.15) is 12.4 Å². The molecule has 0 saturated heterocycles. The Morgan fingerprint density at radius 3 is 2.12 bits per heavy atom. The molecular weight excluding hydrogens is 569 g/mol. The van der Waals surface area contributed by atoms with Crippen LogP contribution >= 0.6 is 35.8 Å². The lowest BCUT2D eigenvalue weighted by molar-refractivity contribution is -0.112. The lowest BCUT2D eigenvalue weighted by Gasteiger charge is -2.34. The number of fused-ring (bicyclic) bond motifs is 1. The van der Waals surface area contributed by atoms with Crippen LogP contribution in [0.1, 0.15) is 41.6 Å². The van der Waals surface area contributed by atoms with Crippen molar-refractivity contribution >= 4 is 51.8 Å². The van der Waals surface area contributed by atoms with E-state index in [9.17, 15) is 4.79 Å². The quantitative estimate of drug-likeness (QED) is 0.145. The molecule has 0 bridgehead atoms. The summed E-state index contributed by atoms with van der Waals surface area (Å²) in [7, 11) is 0.